The Morgan fingerprint density at radius 1 is 0.933 bits per heavy atom. The first-order valence-electron chi connectivity index (χ1n) is 9.45. The van der Waals surface area contributed by atoms with Gasteiger partial charge in [-0.1, -0.05) is 47.5 Å². The highest BCUT2D eigenvalue weighted by Gasteiger charge is 2.17. The molecule has 0 aliphatic carbocycles. The number of alkyl halides is 1. The number of amides is 1. The van der Waals surface area contributed by atoms with Crippen LogP contribution in [-0.4, -0.2) is 19.1 Å². The fourth-order valence-electron chi connectivity index (χ4n) is 3.22. The highest BCUT2D eigenvalue weighted by atomic mass is 35.5. The van der Waals surface area contributed by atoms with E-state index in [2.05, 4.69) is 0 Å². The molecule has 0 spiro atoms. The fourth-order valence-corrected chi connectivity index (χ4v) is 3.54. The number of hydrogen-bond acceptors (Lipinski definition) is 1. The van der Waals surface area contributed by atoms with Crippen molar-refractivity contribution in [2.75, 3.05) is 11.9 Å². The molecule has 0 saturated carbocycles. The van der Waals surface area contributed by atoms with E-state index >= 15 is 0 Å². The van der Waals surface area contributed by atoms with Crippen LogP contribution in [0.3, 0.4) is 0 Å². The van der Waals surface area contributed by atoms with Crippen molar-refractivity contribution in [3.8, 4) is 0 Å². The van der Waals surface area contributed by atoms with Crippen molar-refractivity contribution in [1.29, 1.82) is 0 Å². The van der Waals surface area contributed by atoms with Crippen LogP contribution < -0.4 is 4.90 Å². The van der Waals surface area contributed by atoms with E-state index in [0.29, 0.717) is 15.6 Å². The molecule has 3 aromatic rings. The van der Waals surface area contributed by atoms with Gasteiger partial charge in [0.25, 0.3) is 5.91 Å². The molecule has 0 saturated heterocycles. The van der Waals surface area contributed by atoms with Crippen LogP contribution in [0, 0.1) is 12.7 Å². The number of nitrogens with zero attached hydrogens (tertiary/aromatic N) is 1. The summed E-state index contributed by atoms with van der Waals surface area (Å²) in [6, 6.07) is 16.5. The molecule has 0 bridgehead atoms. The van der Waals surface area contributed by atoms with Crippen molar-refractivity contribution >= 4 is 34.8 Å². The largest absolute Gasteiger partial charge is 0.309 e. The van der Waals surface area contributed by atoms with E-state index in [0.717, 1.165) is 16.7 Å². The Morgan fingerprint density at radius 3 is 2.20 bits per heavy atom. The average molecular weight is 448 g/mol. The molecular weight excluding hydrogens is 427 g/mol. The van der Waals surface area contributed by atoms with Crippen LogP contribution in [0.1, 0.15) is 27.0 Å². The zero-order chi connectivity index (χ0) is 21.8. The second-order valence-electron chi connectivity index (χ2n) is 7.27. The number of aryl methyl sites for hydroxylation is 1. The first kappa shape index (κ1) is 22.3. The summed E-state index contributed by atoms with van der Waals surface area (Å²) < 4.78 is 28.7. The van der Waals surface area contributed by atoms with E-state index < -0.39 is 12.0 Å². The van der Waals surface area contributed by atoms with Gasteiger partial charge < -0.3 is 4.90 Å². The van der Waals surface area contributed by atoms with Gasteiger partial charge in [-0.2, -0.15) is 0 Å². The third-order valence-corrected chi connectivity index (χ3v) is 5.61. The number of rotatable bonds is 6. The van der Waals surface area contributed by atoms with Gasteiger partial charge in [-0.05, 0) is 60.0 Å². The van der Waals surface area contributed by atoms with E-state index in [1.807, 2.05) is 0 Å². The maximum absolute atomic E-state index is 14.5. The Morgan fingerprint density at radius 2 is 1.57 bits per heavy atom. The van der Waals surface area contributed by atoms with Crippen LogP contribution in [0.25, 0.3) is 0 Å². The topological polar surface area (TPSA) is 20.3 Å². The molecule has 3 aromatic carbocycles. The van der Waals surface area contributed by atoms with Crippen molar-refractivity contribution in [3.63, 3.8) is 0 Å². The highest BCUT2D eigenvalue weighted by molar-refractivity contribution is 6.42. The number of benzene rings is 3. The Bertz CT molecular complexity index is 1050. The molecule has 1 amide bonds. The van der Waals surface area contributed by atoms with E-state index in [1.54, 1.807) is 61.5 Å². The summed E-state index contributed by atoms with van der Waals surface area (Å²) in [4.78, 5) is 13.9. The lowest BCUT2D eigenvalue weighted by Gasteiger charge is -2.18. The zero-order valence-corrected chi connectivity index (χ0v) is 18.1. The standard InChI is InChI=1S/C24H21Cl2F2NO/c1-15-3-10-23(22(28)11-15)29(2)24(30)18-7-4-16(5-8-18)12-19(27)13-17-6-9-20(25)21(26)14-17/h3-11,14,19H,12-13H2,1-2H3. The Labute approximate surface area is 185 Å². The minimum atomic E-state index is -1.10. The number of carbonyl (C=O) groups is 1. The van der Waals surface area contributed by atoms with Crippen molar-refractivity contribution in [1.82, 2.24) is 0 Å². The van der Waals surface area contributed by atoms with Crippen molar-refractivity contribution in [2.45, 2.75) is 25.9 Å². The third-order valence-electron chi connectivity index (χ3n) is 4.87. The van der Waals surface area contributed by atoms with E-state index in [4.69, 9.17) is 23.2 Å². The molecule has 0 N–H and O–H groups in total. The minimum Gasteiger partial charge on any atom is -0.309 e. The van der Waals surface area contributed by atoms with E-state index in [-0.39, 0.29) is 24.4 Å². The van der Waals surface area contributed by atoms with Crippen LogP contribution in [0.15, 0.2) is 60.7 Å². The predicted molar refractivity (Wildman–Crippen MR) is 119 cm³/mol. The lowest BCUT2D eigenvalue weighted by atomic mass is 10.0. The van der Waals surface area contributed by atoms with Crippen LogP contribution >= 0.6 is 23.2 Å². The van der Waals surface area contributed by atoms with Crippen LogP contribution in [-0.2, 0) is 12.8 Å². The summed E-state index contributed by atoms with van der Waals surface area (Å²) in [5.41, 5.74) is 2.93. The first-order valence-corrected chi connectivity index (χ1v) is 10.2. The summed E-state index contributed by atoms with van der Waals surface area (Å²) in [6.45, 7) is 1.78. The van der Waals surface area contributed by atoms with Gasteiger partial charge in [0, 0.05) is 25.5 Å². The Hall–Kier alpha value is -2.43. The Balaban J connectivity index is 1.65. The zero-order valence-electron chi connectivity index (χ0n) is 16.6. The van der Waals surface area contributed by atoms with Crippen LogP contribution in [0.2, 0.25) is 10.0 Å². The summed E-state index contributed by atoms with van der Waals surface area (Å²) in [7, 11) is 1.53. The molecule has 3 rings (SSSR count). The van der Waals surface area contributed by atoms with Crippen molar-refractivity contribution in [2.24, 2.45) is 0 Å². The highest BCUT2D eigenvalue weighted by Crippen LogP contribution is 2.24. The Kier molecular flexibility index (Phi) is 7.11. The van der Waals surface area contributed by atoms with Crippen molar-refractivity contribution in [3.05, 3.63) is 98.8 Å². The van der Waals surface area contributed by atoms with Gasteiger partial charge in [-0.25, -0.2) is 8.78 Å². The summed E-state index contributed by atoms with van der Waals surface area (Å²) in [6.07, 6.45) is -0.683. The molecule has 0 aromatic heterocycles. The molecule has 0 aliphatic heterocycles. The molecule has 0 aliphatic rings. The monoisotopic (exact) mass is 447 g/mol. The summed E-state index contributed by atoms with van der Waals surface area (Å²) in [5.74, 6) is -0.790. The van der Waals surface area contributed by atoms with E-state index in [1.165, 1.54) is 18.0 Å². The molecular formula is C24H21Cl2F2NO. The molecule has 0 radical (unpaired) electrons. The normalized spacial score (nSPS) is 11.9. The molecule has 2 nitrogen and oxygen atoms in total. The predicted octanol–water partition coefficient (Wildman–Crippen LogP) is 6.84. The molecule has 1 unspecified atom stereocenters. The molecule has 156 valence electrons. The molecule has 6 heteroatoms. The number of hydrogen-bond donors (Lipinski definition) is 0. The van der Waals surface area contributed by atoms with E-state index in [9.17, 15) is 13.6 Å². The molecule has 1 atom stereocenters. The number of anilines is 1. The second-order valence-corrected chi connectivity index (χ2v) is 8.08. The first-order chi connectivity index (χ1) is 14.2. The molecule has 0 heterocycles. The van der Waals surface area contributed by atoms with Crippen LogP contribution in [0.4, 0.5) is 14.5 Å². The maximum atomic E-state index is 14.5. The smallest absolute Gasteiger partial charge is 0.258 e. The average Bonchev–Trinajstić information content (AvgIpc) is 2.70. The van der Waals surface area contributed by atoms with Crippen LogP contribution in [0.5, 0.6) is 0 Å². The number of carbonyl (C=O) groups excluding carboxylic acids is 1. The van der Waals surface area contributed by atoms with Gasteiger partial charge >= 0.3 is 0 Å². The SMILES string of the molecule is Cc1ccc(N(C)C(=O)c2ccc(CC(F)Cc3ccc(Cl)c(Cl)c3)cc2)c(F)c1. The van der Waals surface area contributed by atoms with Gasteiger partial charge in [-0.3, -0.25) is 4.79 Å². The van der Waals surface area contributed by atoms with Gasteiger partial charge in [0.2, 0.25) is 0 Å². The third kappa shape index (κ3) is 5.38. The second kappa shape index (κ2) is 9.59. The van der Waals surface area contributed by atoms with Gasteiger partial charge in [0.05, 0.1) is 15.7 Å². The summed E-state index contributed by atoms with van der Waals surface area (Å²) in [5, 5.41) is 0.838. The fraction of sp³-hybridized carbons (Fsp3) is 0.208. The van der Waals surface area contributed by atoms with Gasteiger partial charge in [-0.15, -0.1) is 0 Å². The quantitative estimate of drug-likeness (QED) is 0.404. The summed E-state index contributed by atoms with van der Waals surface area (Å²) >= 11 is 11.9. The minimum absolute atomic E-state index is 0.206. The van der Waals surface area contributed by atoms with Gasteiger partial charge in [0.15, 0.2) is 0 Å². The van der Waals surface area contributed by atoms with Crippen molar-refractivity contribution < 1.29 is 13.6 Å². The number of halogens is 4. The lowest BCUT2D eigenvalue weighted by Crippen LogP contribution is -2.27. The maximum Gasteiger partial charge on any atom is 0.258 e. The lowest BCUT2D eigenvalue weighted by molar-refractivity contribution is 0.0992. The molecule has 0 fully saturated rings. The molecule has 30 heavy (non-hydrogen) atoms. The van der Waals surface area contributed by atoms with Gasteiger partial charge in [0.1, 0.15) is 12.0 Å².